The van der Waals surface area contributed by atoms with Gasteiger partial charge in [-0.3, -0.25) is 0 Å². The van der Waals surface area contributed by atoms with E-state index in [9.17, 15) is 4.79 Å². The lowest BCUT2D eigenvalue weighted by Crippen LogP contribution is -2.05. The molecule has 0 saturated carbocycles. The van der Waals surface area contributed by atoms with E-state index in [1.165, 1.54) is 22.5 Å². The normalized spacial score (nSPS) is 10.3. The number of carboxylic acids is 1. The lowest BCUT2D eigenvalue weighted by molar-refractivity contribution is 0.0701. The highest BCUT2D eigenvalue weighted by Crippen LogP contribution is 2.21. The van der Waals surface area contributed by atoms with Crippen LogP contribution in [0, 0.1) is 13.8 Å². The molecule has 0 aliphatic heterocycles. The summed E-state index contributed by atoms with van der Waals surface area (Å²) in [6, 6.07) is 7.92. The van der Waals surface area contributed by atoms with Gasteiger partial charge in [-0.05, 0) is 48.1 Å². The van der Waals surface area contributed by atoms with Crippen molar-refractivity contribution in [1.82, 2.24) is 0 Å². The third-order valence-corrected chi connectivity index (χ3v) is 3.96. The van der Waals surface area contributed by atoms with Crippen LogP contribution in [0.15, 0.2) is 29.6 Å². The van der Waals surface area contributed by atoms with Crippen molar-refractivity contribution in [3.8, 4) is 0 Å². The molecule has 2 aromatic rings. The molecule has 0 bridgehead atoms. The van der Waals surface area contributed by atoms with E-state index >= 15 is 0 Å². The van der Waals surface area contributed by atoms with E-state index in [0.717, 1.165) is 11.3 Å². The summed E-state index contributed by atoms with van der Waals surface area (Å²) in [5.74, 6) is -0.859. The Morgan fingerprint density at radius 2 is 2.11 bits per heavy atom. The standard InChI is InChI=1S/C14H15NO2S/c1-9-4-3-5-12(10(9)2)15-8-11-6-7-18-13(11)14(16)17/h3-7,15H,8H2,1-2H3,(H,16,17). The van der Waals surface area contributed by atoms with Crippen LogP contribution in [0.3, 0.4) is 0 Å². The maximum atomic E-state index is 11.0. The summed E-state index contributed by atoms with van der Waals surface area (Å²) in [6.45, 7) is 4.66. The average Bonchev–Trinajstić information content (AvgIpc) is 2.79. The molecule has 0 radical (unpaired) electrons. The van der Waals surface area contributed by atoms with Crippen molar-refractivity contribution in [2.45, 2.75) is 20.4 Å². The highest BCUT2D eigenvalue weighted by molar-refractivity contribution is 7.12. The molecule has 0 unspecified atom stereocenters. The summed E-state index contributed by atoms with van der Waals surface area (Å²) in [5.41, 5.74) is 4.30. The lowest BCUT2D eigenvalue weighted by atomic mass is 10.1. The fraction of sp³-hybridized carbons (Fsp3) is 0.214. The summed E-state index contributed by atoms with van der Waals surface area (Å²) in [4.78, 5) is 11.4. The molecule has 94 valence electrons. The van der Waals surface area contributed by atoms with Crippen molar-refractivity contribution in [2.24, 2.45) is 0 Å². The average molecular weight is 261 g/mol. The molecule has 18 heavy (non-hydrogen) atoms. The van der Waals surface area contributed by atoms with Gasteiger partial charge in [0, 0.05) is 12.2 Å². The van der Waals surface area contributed by atoms with Gasteiger partial charge in [0.1, 0.15) is 4.88 Å². The number of carbonyl (C=O) groups is 1. The van der Waals surface area contributed by atoms with Crippen LogP contribution in [0.2, 0.25) is 0 Å². The molecule has 0 atom stereocenters. The second kappa shape index (κ2) is 5.23. The Balaban J connectivity index is 2.14. The number of hydrogen-bond acceptors (Lipinski definition) is 3. The summed E-state index contributed by atoms with van der Waals surface area (Å²) < 4.78 is 0. The van der Waals surface area contributed by atoms with Gasteiger partial charge in [-0.1, -0.05) is 12.1 Å². The van der Waals surface area contributed by atoms with E-state index in [1.807, 2.05) is 23.6 Å². The maximum absolute atomic E-state index is 11.0. The molecular formula is C14H15NO2S. The highest BCUT2D eigenvalue weighted by Gasteiger charge is 2.11. The summed E-state index contributed by atoms with van der Waals surface area (Å²) >= 11 is 1.26. The van der Waals surface area contributed by atoms with Gasteiger partial charge in [-0.2, -0.15) is 0 Å². The number of hydrogen-bond donors (Lipinski definition) is 2. The molecule has 0 saturated heterocycles. The Morgan fingerprint density at radius 1 is 1.33 bits per heavy atom. The fourth-order valence-corrected chi connectivity index (χ4v) is 2.56. The van der Waals surface area contributed by atoms with Crippen molar-refractivity contribution in [3.05, 3.63) is 51.2 Å². The molecule has 2 N–H and O–H groups in total. The number of rotatable bonds is 4. The zero-order chi connectivity index (χ0) is 13.1. The van der Waals surface area contributed by atoms with E-state index in [2.05, 4.69) is 25.2 Å². The van der Waals surface area contributed by atoms with Gasteiger partial charge in [0.05, 0.1) is 0 Å². The number of thiophene rings is 1. The molecule has 4 heteroatoms. The number of carboxylic acid groups (broad SMARTS) is 1. The molecule has 0 aliphatic rings. The van der Waals surface area contributed by atoms with Crippen molar-refractivity contribution >= 4 is 23.0 Å². The van der Waals surface area contributed by atoms with Gasteiger partial charge < -0.3 is 10.4 Å². The number of anilines is 1. The predicted molar refractivity (Wildman–Crippen MR) is 74.5 cm³/mol. The van der Waals surface area contributed by atoms with E-state index < -0.39 is 5.97 Å². The van der Waals surface area contributed by atoms with Crippen molar-refractivity contribution < 1.29 is 9.90 Å². The van der Waals surface area contributed by atoms with Crippen LogP contribution in [0.1, 0.15) is 26.4 Å². The van der Waals surface area contributed by atoms with E-state index in [-0.39, 0.29) is 0 Å². The van der Waals surface area contributed by atoms with Crippen molar-refractivity contribution in [3.63, 3.8) is 0 Å². The smallest absolute Gasteiger partial charge is 0.346 e. The van der Waals surface area contributed by atoms with Gasteiger partial charge in [0.15, 0.2) is 0 Å². The molecule has 0 amide bonds. The first-order valence-corrected chi connectivity index (χ1v) is 6.57. The molecule has 3 nitrogen and oxygen atoms in total. The second-order valence-electron chi connectivity index (χ2n) is 4.18. The predicted octanol–water partition coefficient (Wildman–Crippen LogP) is 3.68. The zero-order valence-electron chi connectivity index (χ0n) is 10.4. The molecule has 0 fully saturated rings. The minimum atomic E-state index is -0.859. The Morgan fingerprint density at radius 3 is 2.83 bits per heavy atom. The molecule has 1 heterocycles. The van der Waals surface area contributed by atoms with Gasteiger partial charge in [-0.25, -0.2) is 4.79 Å². The van der Waals surface area contributed by atoms with Crippen LogP contribution in [-0.4, -0.2) is 11.1 Å². The highest BCUT2D eigenvalue weighted by atomic mass is 32.1. The number of aryl methyl sites for hydroxylation is 1. The van der Waals surface area contributed by atoms with Crippen LogP contribution < -0.4 is 5.32 Å². The number of nitrogens with one attached hydrogen (secondary N) is 1. The Hall–Kier alpha value is -1.81. The fourth-order valence-electron chi connectivity index (χ4n) is 1.80. The monoisotopic (exact) mass is 261 g/mol. The lowest BCUT2D eigenvalue weighted by Gasteiger charge is -2.11. The second-order valence-corrected chi connectivity index (χ2v) is 5.10. The number of aromatic carboxylic acids is 1. The van der Waals surface area contributed by atoms with Crippen LogP contribution in [0.25, 0.3) is 0 Å². The van der Waals surface area contributed by atoms with Crippen LogP contribution in [-0.2, 0) is 6.54 Å². The van der Waals surface area contributed by atoms with E-state index in [4.69, 9.17) is 5.11 Å². The quantitative estimate of drug-likeness (QED) is 0.882. The minimum Gasteiger partial charge on any atom is -0.477 e. The third kappa shape index (κ3) is 2.54. The Bertz CT molecular complexity index is 575. The molecule has 0 aliphatic carbocycles. The first kappa shape index (κ1) is 12.6. The van der Waals surface area contributed by atoms with Gasteiger partial charge in [-0.15, -0.1) is 11.3 Å². The molecule has 2 rings (SSSR count). The van der Waals surface area contributed by atoms with Crippen LogP contribution in [0.5, 0.6) is 0 Å². The molecule has 0 spiro atoms. The first-order chi connectivity index (χ1) is 8.59. The maximum Gasteiger partial charge on any atom is 0.346 e. The summed E-state index contributed by atoms with van der Waals surface area (Å²) in [6.07, 6.45) is 0. The van der Waals surface area contributed by atoms with Gasteiger partial charge in [0.25, 0.3) is 0 Å². The molecule has 1 aromatic carbocycles. The van der Waals surface area contributed by atoms with Crippen molar-refractivity contribution in [1.29, 1.82) is 0 Å². The zero-order valence-corrected chi connectivity index (χ0v) is 11.2. The summed E-state index contributed by atoms with van der Waals surface area (Å²) in [5, 5.41) is 14.1. The largest absolute Gasteiger partial charge is 0.477 e. The minimum absolute atomic E-state index is 0.410. The first-order valence-electron chi connectivity index (χ1n) is 5.69. The Kier molecular flexibility index (Phi) is 3.67. The van der Waals surface area contributed by atoms with Crippen LogP contribution in [0.4, 0.5) is 5.69 Å². The molecular weight excluding hydrogens is 246 g/mol. The van der Waals surface area contributed by atoms with Gasteiger partial charge >= 0.3 is 5.97 Å². The Labute approximate surface area is 110 Å². The summed E-state index contributed by atoms with van der Waals surface area (Å²) in [7, 11) is 0. The van der Waals surface area contributed by atoms with Crippen molar-refractivity contribution in [2.75, 3.05) is 5.32 Å². The molecule has 1 aromatic heterocycles. The topological polar surface area (TPSA) is 49.3 Å². The SMILES string of the molecule is Cc1cccc(NCc2ccsc2C(=O)O)c1C. The van der Waals surface area contributed by atoms with E-state index in [0.29, 0.717) is 11.4 Å². The van der Waals surface area contributed by atoms with E-state index in [1.54, 1.807) is 0 Å². The third-order valence-electron chi connectivity index (χ3n) is 3.01. The number of benzene rings is 1. The van der Waals surface area contributed by atoms with Crippen LogP contribution >= 0.6 is 11.3 Å². The van der Waals surface area contributed by atoms with Gasteiger partial charge in [0.2, 0.25) is 0 Å².